The highest BCUT2D eigenvalue weighted by Gasteiger charge is 2.23. The minimum Gasteiger partial charge on any atom is -0.490 e. The van der Waals surface area contributed by atoms with Gasteiger partial charge in [-0.15, -0.1) is 0 Å². The standard InChI is InChI=1S/C16H22N2O3/c1-17-13-5-7-18(8-6-13)16(19)12-3-4-14-15(11-12)21-10-2-9-20-14/h3-4,11,13,17H,2,5-10H2,1H3. The van der Waals surface area contributed by atoms with Gasteiger partial charge in [0.1, 0.15) is 0 Å². The average molecular weight is 290 g/mol. The lowest BCUT2D eigenvalue weighted by atomic mass is 10.0. The second kappa shape index (κ2) is 6.35. The van der Waals surface area contributed by atoms with Gasteiger partial charge in [0.05, 0.1) is 13.2 Å². The van der Waals surface area contributed by atoms with E-state index >= 15 is 0 Å². The second-order valence-corrected chi connectivity index (χ2v) is 5.57. The molecule has 1 saturated heterocycles. The third kappa shape index (κ3) is 3.13. The first-order chi connectivity index (χ1) is 10.3. The molecule has 0 aromatic heterocycles. The molecular formula is C16H22N2O3. The highest BCUT2D eigenvalue weighted by atomic mass is 16.5. The topological polar surface area (TPSA) is 50.8 Å². The van der Waals surface area contributed by atoms with Crippen molar-refractivity contribution in [3.05, 3.63) is 23.8 Å². The van der Waals surface area contributed by atoms with Crippen LogP contribution in [0.15, 0.2) is 18.2 Å². The molecule has 1 amide bonds. The normalized spacial score (nSPS) is 19.2. The van der Waals surface area contributed by atoms with Gasteiger partial charge in [-0.3, -0.25) is 4.79 Å². The molecule has 0 spiro atoms. The Morgan fingerprint density at radius 2 is 1.90 bits per heavy atom. The Balaban J connectivity index is 1.72. The van der Waals surface area contributed by atoms with Gasteiger partial charge in [-0.2, -0.15) is 0 Å². The van der Waals surface area contributed by atoms with Crippen molar-refractivity contribution >= 4 is 5.91 Å². The Morgan fingerprint density at radius 1 is 1.19 bits per heavy atom. The molecule has 1 N–H and O–H groups in total. The van der Waals surface area contributed by atoms with E-state index in [-0.39, 0.29) is 5.91 Å². The predicted molar refractivity (Wildman–Crippen MR) is 80.0 cm³/mol. The molecule has 0 radical (unpaired) electrons. The van der Waals surface area contributed by atoms with Crippen LogP contribution in [-0.4, -0.2) is 50.2 Å². The lowest BCUT2D eigenvalue weighted by molar-refractivity contribution is 0.0707. The molecule has 2 heterocycles. The zero-order chi connectivity index (χ0) is 14.7. The molecule has 1 fully saturated rings. The fourth-order valence-corrected chi connectivity index (χ4v) is 2.85. The molecule has 0 bridgehead atoms. The molecule has 21 heavy (non-hydrogen) atoms. The monoisotopic (exact) mass is 290 g/mol. The van der Waals surface area contributed by atoms with Crippen molar-refractivity contribution in [1.29, 1.82) is 0 Å². The summed E-state index contributed by atoms with van der Waals surface area (Å²) < 4.78 is 11.3. The van der Waals surface area contributed by atoms with Gasteiger partial charge in [0.2, 0.25) is 0 Å². The molecule has 5 heteroatoms. The molecular weight excluding hydrogens is 268 g/mol. The zero-order valence-electron chi connectivity index (χ0n) is 12.4. The van der Waals surface area contributed by atoms with Crippen molar-refractivity contribution in [2.45, 2.75) is 25.3 Å². The number of nitrogens with zero attached hydrogens (tertiary/aromatic N) is 1. The number of benzene rings is 1. The number of hydrogen-bond acceptors (Lipinski definition) is 4. The van der Waals surface area contributed by atoms with E-state index in [0.29, 0.717) is 30.6 Å². The number of amides is 1. The van der Waals surface area contributed by atoms with Crippen LogP contribution in [0.3, 0.4) is 0 Å². The van der Waals surface area contributed by atoms with Crippen molar-refractivity contribution in [3.63, 3.8) is 0 Å². The molecule has 2 aliphatic rings. The number of carbonyl (C=O) groups is 1. The second-order valence-electron chi connectivity index (χ2n) is 5.57. The van der Waals surface area contributed by atoms with E-state index in [4.69, 9.17) is 9.47 Å². The first-order valence-electron chi connectivity index (χ1n) is 7.64. The summed E-state index contributed by atoms with van der Waals surface area (Å²) in [5, 5.41) is 3.28. The first-order valence-corrected chi connectivity index (χ1v) is 7.64. The summed E-state index contributed by atoms with van der Waals surface area (Å²) in [6.45, 7) is 2.91. The summed E-state index contributed by atoms with van der Waals surface area (Å²) in [6, 6.07) is 6.01. The van der Waals surface area contributed by atoms with Crippen LogP contribution in [0.4, 0.5) is 0 Å². The van der Waals surface area contributed by atoms with E-state index < -0.39 is 0 Å². The fraction of sp³-hybridized carbons (Fsp3) is 0.562. The van der Waals surface area contributed by atoms with Gasteiger partial charge in [-0.1, -0.05) is 0 Å². The Hall–Kier alpha value is -1.75. The summed E-state index contributed by atoms with van der Waals surface area (Å²) in [5.41, 5.74) is 0.683. The van der Waals surface area contributed by atoms with Gasteiger partial charge in [0.15, 0.2) is 11.5 Å². The van der Waals surface area contributed by atoms with Gasteiger partial charge < -0.3 is 19.7 Å². The number of rotatable bonds is 2. The Labute approximate surface area is 125 Å². The van der Waals surface area contributed by atoms with Gasteiger partial charge in [0.25, 0.3) is 5.91 Å². The summed E-state index contributed by atoms with van der Waals surface area (Å²) in [4.78, 5) is 14.5. The van der Waals surface area contributed by atoms with E-state index in [1.807, 2.05) is 30.1 Å². The van der Waals surface area contributed by atoms with Crippen LogP contribution in [0, 0.1) is 0 Å². The Kier molecular flexibility index (Phi) is 4.29. The van der Waals surface area contributed by atoms with Crippen molar-refractivity contribution < 1.29 is 14.3 Å². The molecule has 3 rings (SSSR count). The van der Waals surface area contributed by atoms with Gasteiger partial charge in [-0.05, 0) is 38.1 Å². The smallest absolute Gasteiger partial charge is 0.253 e. The fourth-order valence-electron chi connectivity index (χ4n) is 2.85. The molecule has 0 aliphatic carbocycles. The van der Waals surface area contributed by atoms with Crippen LogP contribution in [-0.2, 0) is 0 Å². The number of hydrogen-bond donors (Lipinski definition) is 1. The highest BCUT2D eigenvalue weighted by Crippen LogP contribution is 2.31. The molecule has 0 atom stereocenters. The summed E-state index contributed by atoms with van der Waals surface area (Å²) in [7, 11) is 1.98. The van der Waals surface area contributed by atoms with Crippen LogP contribution >= 0.6 is 0 Å². The lowest BCUT2D eigenvalue weighted by Gasteiger charge is -2.32. The summed E-state index contributed by atoms with van der Waals surface area (Å²) in [5.74, 6) is 1.50. The first kappa shape index (κ1) is 14.2. The molecule has 1 aromatic carbocycles. The Bertz CT molecular complexity index is 510. The number of fused-ring (bicyclic) bond motifs is 1. The lowest BCUT2D eigenvalue weighted by Crippen LogP contribution is -2.43. The third-order valence-electron chi connectivity index (χ3n) is 4.18. The van der Waals surface area contributed by atoms with Crippen LogP contribution in [0.1, 0.15) is 29.6 Å². The third-order valence-corrected chi connectivity index (χ3v) is 4.18. The van der Waals surface area contributed by atoms with Gasteiger partial charge >= 0.3 is 0 Å². The molecule has 0 saturated carbocycles. The van der Waals surface area contributed by atoms with Crippen LogP contribution in [0.25, 0.3) is 0 Å². The van der Waals surface area contributed by atoms with Crippen molar-refractivity contribution in [2.24, 2.45) is 0 Å². The largest absolute Gasteiger partial charge is 0.490 e. The molecule has 5 nitrogen and oxygen atoms in total. The maximum atomic E-state index is 12.6. The summed E-state index contributed by atoms with van der Waals surface area (Å²) >= 11 is 0. The van der Waals surface area contributed by atoms with E-state index in [1.165, 1.54) is 0 Å². The number of nitrogens with one attached hydrogen (secondary N) is 1. The van der Waals surface area contributed by atoms with Crippen molar-refractivity contribution in [1.82, 2.24) is 10.2 Å². The van der Waals surface area contributed by atoms with Crippen molar-refractivity contribution in [3.8, 4) is 11.5 Å². The average Bonchev–Trinajstić information content (AvgIpc) is 2.79. The summed E-state index contributed by atoms with van der Waals surface area (Å²) in [6.07, 6.45) is 2.88. The van der Waals surface area contributed by atoms with E-state index in [0.717, 1.165) is 38.1 Å². The van der Waals surface area contributed by atoms with Crippen LogP contribution in [0.2, 0.25) is 0 Å². The van der Waals surface area contributed by atoms with Gasteiger partial charge in [-0.25, -0.2) is 0 Å². The maximum Gasteiger partial charge on any atom is 0.253 e. The Morgan fingerprint density at radius 3 is 2.62 bits per heavy atom. The molecule has 0 unspecified atom stereocenters. The number of piperidine rings is 1. The van der Waals surface area contributed by atoms with Gasteiger partial charge in [0, 0.05) is 31.1 Å². The van der Waals surface area contributed by atoms with Crippen molar-refractivity contribution in [2.75, 3.05) is 33.4 Å². The SMILES string of the molecule is CNC1CCN(C(=O)c2ccc3c(c2)OCCCO3)CC1. The number of carbonyl (C=O) groups excluding carboxylic acids is 1. The van der Waals surface area contributed by atoms with E-state index in [2.05, 4.69) is 5.32 Å². The molecule has 2 aliphatic heterocycles. The zero-order valence-corrected chi connectivity index (χ0v) is 12.4. The molecule has 1 aromatic rings. The van der Waals surface area contributed by atoms with Crippen LogP contribution < -0.4 is 14.8 Å². The van der Waals surface area contributed by atoms with E-state index in [9.17, 15) is 4.79 Å². The highest BCUT2D eigenvalue weighted by molar-refractivity contribution is 5.95. The maximum absolute atomic E-state index is 12.6. The molecule has 114 valence electrons. The van der Waals surface area contributed by atoms with Crippen LogP contribution in [0.5, 0.6) is 11.5 Å². The predicted octanol–water partition coefficient (Wildman–Crippen LogP) is 1.67. The number of likely N-dealkylation sites (tertiary alicyclic amines) is 1. The minimum absolute atomic E-state index is 0.0835. The quantitative estimate of drug-likeness (QED) is 0.900. The van der Waals surface area contributed by atoms with E-state index in [1.54, 1.807) is 0 Å². The number of ether oxygens (including phenoxy) is 2. The minimum atomic E-state index is 0.0835.